The number of carbonyl (C=O) groups is 1. The third kappa shape index (κ3) is 7.32. The Morgan fingerprint density at radius 2 is 1.54 bits per heavy atom. The number of hydrogen-bond acceptors (Lipinski definition) is 6. The summed E-state index contributed by atoms with van der Waals surface area (Å²) in [5, 5.41) is 3.06. The number of fused-ring (bicyclic) bond motifs is 1. The normalized spacial score (nSPS) is 27.3. The molecule has 7 nitrogen and oxygen atoms in total. The van der Waals surface area contributed by atoms with Crippen LogP contribution in [0.3, 0.4) is 0 Å². The van der Waals surface area contributed by atoms with Gasteiger partial charge in [0.05, 0.1) is 19.3 Å². The molecule has 1 amide bonds. The molecule has 7 heteroatoms. The second-order valence-corrected chi connectivity index (χ2v) is 10.3. The van der Waals surface area contributed by atoms with Gasteiger partial charge in [0.1, 0.15) is 18.8 Å². The summed E-state index contributed by atoms with van der Waals surface area (Å²) in [5.74, 6) is -0.346. The van der Waals surface area contributed by atoms with Crippen molar-refractivity contribution < 1.29 is 28.5 Å². The van der Waals surface area contributed by atoms with Crippen LogP contribution in [0.25, 0.3) is 0 Å². The van der Waals surface area contributed by atoms with Gasteiger partial charge in [-0.3, -0.25) is 4.79 Å². The molecule has 0 radical (unpaired) electrons. The summed E-state index contributed by atoms with van der Waals surface area (Å²) in [5.41, 5.74) is 3.16. The number of benzene rings is 3. The zero-order chi connectivity index (χ0) is 27.0. The molecule has 2 fully saturated rings. The van der Waals surface area contributed by atoms with Gasteiger partial charge >= 0.3 is 0 Å². The lowest BCUT2D eigenvalue weighted by Crippen LogP contribution is -2.60. The van der Waals surface area contributed by atoms with Crippen molar-refractivity contribution in [3.63, 3.8) is 0 Å². The van der Waals surface area contributed by atoms with Crippen molar-refractivity contribution in [3.05, 3.63) is 108 Å². The Hall–Kier alpha value is -3.07. The van der Waals surface area contributed by atoms with E-state index in [1.165, 1.54) is 5.56 Å². The second kappa shape index (κ2) is 13.3. The van der Waals surface area contributed by atoms with Crippen molar-refractivity contribution in [1.29, 1.82) is 0 Å². The monoisotopic (exact) mass is 531 g/mol. The van der Waals surface area contributed by atoms with Crippen LogP contribution in [0.15, 0.2) is 91.0 Å². The smallest absolute Gasteiger partial charge is 0.246 e. The zero-order valence-corrected chi connectivity index (χ0v) is 22.5. The fraction of sp³-hybridized carbons (Fsp3) is 0.406. The number of amides is 1. The molecule has 7 atom stereocenters. The van der Waals surface area contributed by atoms with Gasteiger partial charge in [-0.05, 0) is 24.5 Å². The lowest BCUT2D eigenvalue weighted by Gasteiger charge is -2.48. The summed E-state index contributed by atoms with van der Waals surface area (Å²) < 4.78 is 31.2. The van der Waals surface area contributed by atoms with E-state index in [-0.39, 0.29) is 30.6 Å². The molecule has 0 aromatic heterocycles. The van der Waals surface area contributed by atoms with E-state index in [0.717, 1.165) is 17.5 Å². The number of ether oxygens (including phenoxy) is 5. The summed E-state index contributed by atoms with van der Waals surface area (Å²) in [4.78, 5) is 12.9. The van der Waals surface area contributed by atoms with Crippen LogP contribution < -0.4 is 5.32 Å². The number of carbonyl (C=O) groups excluding carboxylic acids is 1. The molecular weight excluding hydrogens is 494 g/mol. The predicted octanol–water partition coefficient (Wildman–Crippen LogP) is 4.81. The first kappa shape index (κ1) is 27.5. The van der Waals surface area contributed by atoms with Crippen molar-refractivity contribution in [2.24, 2.45) is 5.92 Å². The van der Waals surface area contributed by atoms with E-state index in [9.17, 15) is 4.79 Å². The average Bonchev–Trinajstić information content (AvgIpc) is 2.97. The lowest BCUT2D eigenvalue weighted by molar-refractivity contribution is -0.357. The van der Waals surface area contributed by atoms with Gasteiger partial charge < -0.3 is 29.0 Å². The van der Waals surface area contributed by atoms with E-state index in [1.807, 2.05) is 92.7 Å². The van der Waals surface area contributed by atoms with Crippen molar-refractivity contribution in [1.82, 2.24) is 5.32 Å². The molecule has 39 heavy (non-hydrogen) atoms. The second-order valence-electron chi connectivity index (χ2n) is 10.3. The first-order valence-corrected chi connectivity index (χ1v) is 13.6. The van der Waals surface area contributed by atoms with E-state index < -0.39 is 24.8 Å². The Morgan fingerprint density at radius 3 is 2.23 bits per heavy atom. The standard InChI is InChI=1S/C32H37NO6/c1-22(18-24-12-6-3-7-13-24)33-28(34)21-35-29-23(2)31(36-19-25-14-8-4-9-15-25)38-27-20-37-32(39-30(27)29)26-16-10-5-11-17-26/h3-17,22-23,27,29-32H,18-21H2,1-2H3,(H,33,34)/t22-,23?,27?,29+,30+,31-,32?/m0/s1. The largest absolute Gasteiger partial charge is 0.365 e. The number of hydrogen-bond donors (Lipinski definition) is 1. The van der Waals surface area contributed by atoms with Crippen molar-refractivity contribution in [2.45, 2.75) is 63.8 Å². The minimum absolute atomic E-state index is 0.0212. The number of rotatable bonds is 10. The molecular formula is C32H37NO6. The predicted molar refractivity (Wildman–Crippen MR) is 147 cm³/mol. The van der Waals surface area contributed by atoms with Gasteiger partial charge in [-0.1, -0.05) is 97.9 Å². The minimum atomic E-state index is -0.532. The Morgan fingerprint density at radius 1 is 0.897 bits per heavy atom. The summed E-state index contributed by atoms with van der Waals surface area (Å²) in [6, 6.07) is 29.9. The highest BCUT2D eigenvalue weighted by Crippen LogP contribution is 2.38. The van der Waals surface area contributed by atoms with Gasteiger partial charge in [0.15, 0.2) is 12.6 Å². The number of nitrogens with one attached hydrogen (secondary N) is 1. The Labute approximate surface area is 230 Å². The molecule has 3 aromatic rings. The zero-order valence-electron chi connectivity index (χ0n) is 22.5. The van der Waals surface area contributed by atoms with Crippen LogP contribution in [0.1, 0.15) is 36.8 Å². The lowest BCUT2D eigenvalue weighted by atomic mass is 9.91. The van der Waals surface area contributed by atoms with E-state index in [4.69, 9.17) is 23.7 Å². The quantitative estimate of drug-likeness (QED) is 0.405. The van der Waals surface area contributed by atoms with Crippen LogP contribution in [0.2, 0.25) is 0 Å². The molecule has 206 valence electrons. The van der Waals surface area contributed by atoms with Gasteiger partial charge in [-0.15, -0.1) is 0 Å². The van der Waals surface area contributed by atoms with Gasteiger partial charge in [0.25, 0.3) is 0 Å². The maximum atomic E-state index is 12.9. The first-order valence-electron chi connectivity index (χ1n) is 13.6. The molecule has 0 aliphatic carbocycles. The molecule has 2 aliphatic rings. The fourth-order valence-electron chi connectivity index (χ4n) is 5.19. The van der Waals surface area contributed by atoms with Crippen molar-refractivity contribution in [3.8, 4) is 0 Å². The van der Waals surface area contributed by atoms with E-state index in [2.05, 4.69) is 17.4 Å². The van der Waals surface area contributed by atoms with E-state index in [0.29, 0.717) is 13.2 Å². The van der Waals surface area contributed by atoms with Gasteiger partial charge in [0, 0.05) is 17.5 Å². The summed E-state index contributed by atoms with van der Waals surface area (Å²) >= 11 is 0. The molecule has 2 aliphatic heterocycles. The van der Waals surface area contributed by atoms with Crippen molar-refractivity contribution >= 4 is 5.91 Å². The maximum Gasteiger partial charge on any atom is 0.246 e. The Balaban J connectivity index is 1.24. The van der Waals surface area contributed by atoms with Crippen LogP contribution >= 0.6 is 0 Å². The van der Waals surface area contributed by atoms with Gasteiger partial charge in [0.2, 0.25) is 5.91 Å². The SMILES string of the molecule is CC1[C@@H](OCc2ccccc2)OC2COC(c3ccccc3)O[C@H]2[C@@H]1OCC(=O)N[C@@H](C)Cc1ccccc1. The molecule has 0 spiro atoms. The highest BCUT2D eigenvalue weighted by atomic mass is 16.7. The minimum Gasteiger partial charge on any atom is -0.365 e. The highest BCUT2D eigenvalue weighted by molar-refractivity contribution is 5.77. The Kier molecular flexibility index (Phi) is 9.40. The summed E-state index contributed by atoms with van der Waals surface area (Å²) in [6.07, 6.45) is -1.53. The molecule has 0 saturated carbocycles. The van der Waals surface area contributed by atoms with Crippen LogP contribution in [0.5, 0.6) is 0 Å². The molecule has 2 saturated heterocycles. The first-order chi connectivity index (χ1) is 19.1. The van der Waals surface area contributed by atoms with Crippen LogP contribution in [-0.2, 0) is 41.5 Å². The maximum absolute atomic E-state index is 12.9. The topological polar surface area (TPSA) is 75.2 Å². The average molecular weight is 532 g/mol. The van der Waals surface area contributed by atoms with Crippen LogP contribution in [0.4, 0.5) is 0 Å². The fourth-order valence-corrected chi connectivity index (χ4v) is 5.19. The third-order valence-electron chi connectivity index (χ3n) is 7.17. The van der Waals surface area contributed by atoms with Crippen molar-refractivity contribution in [2.75, 3.05) is 13.2 Å². The summed E-state index contributed by atoms with van der Waals surface area (Å²) in [6.45, 7) is 4.68. The molecule has 0 bridgehead atoms. The molecule has 1 N–H and O–H groups in total. The molecule has 3 unspecified atom stereocenters. The molecule has 3 aromatic carbocycles. The summed E-state index contributed by atoms with van der Waals surface area (Å²) in [7, 11) is 0. The van der Waals surface area contributed by atoms with Crippen LogP contribution in [0, 0.1) is 5.92 Å². The van der Waals surface area contributed by atoms with Crippen LogP contribution in [-0.4, -0.2) is 49.8 Å². The molecule has 5 rings (SSSR count). The molecule has 2 heterocycles. The van der Waals surface area contributed by atoms with E-state index in [1.54, 1.807) is 0 Å². The van der Waals surface area contributed by atoms with Gasteiger partial charge in [-0.2, -0.15) is 0 Å². The third-order valence-corrected chi connectivity index (χ3v) is 7.17. The Bertz CT molecular complexity index is 1160. The highest BCUT2D eigenvalue weighted by Gasteiger charge is 2.49. The van der Waals surface area contributed by atoms with Gasteiger partial charge in [-0.25, -0.2) is 0 Å². The van der Waals surface area contributed by atoms with E-state index >= 15 is 0 Å².